The fourth-order valence-corrected chi connectivity index (χ4v) is 3.98. The molecule has 0 saturated carbocycles. The van der Waals surface area contributed by atoms with Crippen LogP contribution in [0.2, 0.25) is 0 Å². The van der Waals surface area contributed by atoms with Crippen molar-refractivity contribution in [2.45, 2.75) is 20.4 Å². The van der Waals surface area contributed by atoms with E-state index in [2.05, 4.69) is 4.98 Å². The molecule has 0 radical (unpaired) electrons. The van der Waals surface area contributed by atoms with Crippen LogP contribution in [0, 0.1) is 13.8 Å². The van der Waals surface area contributed by atoms with Crippen LogP contribution in [0.5, 0.6) is 5.75 Å². The Morgan fingerprint density at radius 3 is 2.42 bits per heavy atom. The van der Waals surface area contributed by atoms with Gasteiger partial charge >= 0.3 is 5.69 Å². The second-order valence-electron chi connectivity index (χ2n) is 7.77. The highest BCUT2D eigenvalue weighted by Gasteiger charge is 2.21. The van der Waals surface area contributed by atoms with E-state index in [4.69, 9.17) is 0 Å². The van der Waals surface area contributed by atoms with Gasteiger partial charge in [-0.05, 0) is 31.5 Å². The van der Waals surface area contributed by atoms with Crippen molar-refractivity contribution in [1.29, 1.82) is 0 Å². The Hall–Kier alpha value is -4.07. The Bertz CT molecular complexity index is 1580. The molecule has 0 amide bonds. The van der Waals surface area contributed by atoms with E-state index < -0.39 is 11.2 Å². The van der Waals surface area contributed by atoms with Gasteiger partial charge in [0.15, 0.2) is 11.2 Å². The number of aryl methyl sites for hydroxylation is 3. The number of hydrogen-bond donors (Lipinski definition) is 1. The Morgan fingerprint density at radius 2 is 1.71 bits per heavy atom. The zero-order valence-electron chi connectivity index (χ0n) is 17.4. The molecule has 0 fully saturated rings. The van der Waals surface area contributed by atoms with Crippen LogP contribution in [0.15, 0.2) is 64.3 Å². The van der Waals surface area contributed by atoms with Crippen molar-refractivity contribution in [3.05, 3.63) is 92.4 Å². The van der Waals surface area contributed by atoms with Gasteiger partial charge in [0.2, 0.25) is 5.78 Å². The summed E-state index contributed by atoms with van der Waals surface area (Å²) in [5.41, 5.74) is 3.12. The maximum Gasteiger partial charge on any atom is 0.332 e. The van der Waals surface area contributed by atoms with Crippen LogP contribution >= 0.6 is 0 Å². The smallest absolute Gasteiger partial charge is 0.332 e. The van der Waals surface area contributed by atoms with Crippen LogP contribution in [0.3, 0.4) is 0 Å². The van der Waals surface area contributed by atoms with Crippen LogP contribution < -0.4 is 11.2 Å². The molecule has 0 saturated heterocycles. The van der Waals surface area contributed by atoms with Crippen molar-refractivity contribution in [2.75, 3.05) is 0 Å². The van der Waals surface area contributed by atoms with Gasteiger partial charge in [-0.25, -0.2) is 4.79 Å². The van der Waals surface area contributed by atoms with E-state index in [9.17, 15) is 14.7 Å². The molecule has 8 nitrogen and oxygen atoms in total. The predicted molar refractivity (Wildman–Crippen MR) is 118 cm³/mol. The van der Waals surface area contributed by atoms with E-state index in [0.717, 1.165) is 16.8 Å². The molecule has 0 aliphatic rings. The van der Waals surface area contributed by atoms with Crippen LogP contribution in [0.4, 0.5) is 0 Å². The Morgan fingerprint density at radius 1 is 1.00 bits per heavy atom. The molecule has 3 aromatic heterocycles. The summed E-state index contributed by atoms with van der Waals surface area (Å²) >= 11 is 0. The molecule has 5 rings (SSSR count). The molecule has 5 aromatic rings. The fourth-order valence-electron chi connectivity index (χ4n) is 3.98. The van der Waals surface area contributed by atoms with Gasteiger partial charge in [-0.15, -0.1) is 0 Å². The number of imidazole rings is 2. The molecule has 0 spiro atoms. The molecule has 2 aromatic carbocycles. The van der Waals surface area contributed by atoms with Crippen LogP contribution in [-0.2, 0) is 13.6 Å². The van der Waals surface area contributed by atoms with Gasteiger partial charge in [0.25, 0.3) is 5.56 Å². The highest BCUT2D eigenvalue weighted by atomic mass is 16.3. The number of nitrogens with zero attached hydrogens (tertiary/aromatic N) is 5. The number of rotatable bonds is 3. The highest BCUT2D eigenvalue weighted by molar-refractivity contribution is 5.76. The van der Waals surface area contributed by atoms with Crippen LogP contribution in [0.25, 0.3) is 22.6 Å². The van der Waals surface area contributed by atoms with Crippen molar-refractivity contribution >= 4 is 16.9 Å². The number of para-hydroxylation sites is 2. The second kappa shape index (κ2) is 6.73. The summed E-state index contributed by atoms with van der Waals surface area (Å²) in [7, 11) is 1.61. The van der Waals surface area contributed by atoms with Gasteiger partial charge in [-0.3, -0.25) is 22.9 Å². The molecule has 0 unspecified atom stereocenters. The molecule has 0 aliphatic heterocycles. The molecular formula is C23H21N5O3. The Kier molecular flexibility index (Phi) is 4.11. The molecule has 8 heteroatoms. The van der Waals surface area contributed by atoms with Gasteiger partial charge in [0.1, 0.15) is 5.75 Å². The number of fused-ring (bicyclic) bond motifs is 3. The number of phenolic OH excluding ortho intramolecular Hbond substituents is 1. The van der Waals surface area contributed by atoms with Gasteiger partial charge < -0.3 is 5.11 Å². The standard InChI is InChI=1S/C23H21N5O3/c1-14-8-10-16(11-9-14)13-27-21(30)19-20(25(3)23(27)31)24-22-26(19)12-15(2)28(22)17-6-4-5-7-18(17)29/h4-12,29H,13H2,1-3H3. The lowest BCUT2D eigenvalue weighted by atomic mass is 10.1. The number of benzene rings is 2. The van der Waals surface area contributed by atoms with Gasteiger partial charge in [0, 0.05) is 18.9 Å². The second-order valence-corrected chi connectivity index (χ2v) is 7.77. The van der Waals surface area contributed by atoms with E-state index in [0.29, 0.717) is 22.6 Å². The lowest BCUT2D eigenvalue weighted by molar-refractivity contribution is 0.472. The topological polar surface area (TPSA) is 86.5 Å². The summed E-state index contributed by atoms with van der Waals surface area (Å²) < 4.78 is 6.07. The largest absolute Gasteiger partial charge is 0.506 e. The van der Waals surface area contributed by atoms with E-state index >= 15 is 0 Å². The molecule has 0 atom stereocenters. The van der Waals surface area contributed by atoms with Crippen LogP contribution in [-0.4, -0.2) is 28.2 Å². The van der Waals surface area contributed by atoms with E-state index in [-0.39, 0.29) is 12.3 Å². The third-order valence-corrected chi connectivity index (χ3v) is 5.61. The average molecular weight is 415 g/mol. The summed E-state index contributed by atoms with van der Waals surface area (Å²) in [6, 6.07) is 14.7. The minimum absolute atomic E-state index is 0.0985. The van der Waals surface area contributed by atoms with Gasteiger partial charge in [0.05, 0.1) is 12.2 Å². The molecular weight excluding hydrogens is 394 g/mol. The minimum atomic E-state index is -0.426. The zero-order chi connectivity index (χ0) is 21.9. The van der Waals surface area contributed by atoms with Gasteiger partial charge in [-0.2, -0.15) is 4.98 Å². The van der Waals surface area contributed by atoms with Crippen molar-refractivity contribution in [3.63, 3.8) is 0 Å². The number of aromatic hydroxyl groups is 1. The summed E-state index contributed by atoms with van der Waals surface area (Å²) in [6.45, 7) is 4.04. The zero-order valence-corrected chi connectivity index (χ0v) is 17.4. The number of aromatic nitrogens is 5. The molecule has 3 heterocycles. The van der Waals surface area contributed by atoms with Crippen molar-refractivity contribution in [2.24, 2.45) is 7.05 Å². The monoisotopic (exact) mass is 415 g/mol. The summed E-state index contributed by atoms with van der Waals surface area (Å²) in [5.74, 6) is 0.551. The molecule has 1 N–H and O–H groups in total. The lowest BCUT2D eigenvalue weighted by Gasteiger charge is -2.08. The number of hydrogen-bond acceptors (Lipinski definition) is 4. The van der Waals surface area contributed by atoms with Crippen molar-refractivity contribution < 1.29 is 5.11 Å². The van der Waals surface area contributed by atoms with Crippen molar-refractivity contribution in [1.82, 2.24) is 23.1 Å². The third-order valence-electron chi connectivity index (χ3n) is 5.61. The van der Waals surface area contributed by atoms with E-state index in [1.54, 1.807) is 40.4 Å². The average Bonchev–Trinajstić information content (AvgIpc) is 3.26. The maximum atomic E-state index is 13.4. The number of phenols is 1. The SMILES string of the molecule is Cc1ccc(Cn2c(=O)c3c(nc4n(-c5ccccc5O)c(C)cn34)n(C)c2=O)cc1. The van der Waals surface area contributed by atoms with Crippen LogP contribution in [0.1, 0.15) is 16.8 Å². The van der Waals surface area contributed by atoms with Crippen molar-refractivity contribution in [3.8, 4) is 11.4 Å². The predicted octanol–water partition coefficient (Wildman–Crippen LogP) is 2.51. The normalized spacial score (nSPS) is 11.6. The van der Waals surface area contributed by atoms with Gasteiger partial charge in [-0.1, -0.05) is 42.0 Å². The third kappa shape index (κ3) is 2.79. The minimum Gasteiger partial charge on any atom is -0.506 e. The highest BCUT2D eigenvalue weighted by Crippen LogP contribution is 2.26. The molecule has 31 heavy (non-hydrogen) atoms. The summed E-state index contributed by atoms with van der Waals surface area (Å²) in [4.78, 5) is 31.0. The summed E-state index contributed by atoms with van der Waals surface area (Å²) in [6.07, 6.45) is 1.79. The maximum absolute atomic E-state index is 13.4. The van der Waals surface area contributed by atoms with E-state index in [1.165, 1.54) is 9.13 Å². The first kappa shape index (κ1) is 18.9. The fraction of sp³-hybridized carbons (Fsp3) is 0.174. The Balaban J connectivity index is 1.80. The first-order chi connectivity index (χ1) is 14.9. The molecule has 0 bridgehead atoms. The lowest BCUT2D eigenvalue weighted by Crippen LogP contribution is -2.39. The quantitative estimate of drug-likeness (QED) is 0.491. The molecule has 0 aliphatic carbocycles. The Labute approximate surface area is 176 Å². The first-order valence-corrected chi connectivity index (χ1v) is 9.90. The first-order valence-electron chi connectivity index (χ1n) is 9.90. The molecule has 156 valence electrons. The summed E-state index contributed by atoms with van der Waals surface area (Å²) in [5, 5.41) is 10.3. The van der Waals surface area contributed by atoms with E-state index in [1.807, 2.05) is 44.2 Å².